The molecule has 1 nitrogen and oxygen atoms in total. The van der Waals surface area contributed by atoms with Crippen molar-refractivity contribution in [3.63, 3.8) is 0 Å². The van der Waals surface area contributed by atoms with Gasteiger partial charge in [-0.05, 0) is 31.2 Å². The zero-order valence-electron chi connectivity index (χ0n) is 6.11. The summed E-state index contributed by atoms with van der Waals surface area (Å²) >= 11 is 0. The molecule has 3 heteroatoms. The maximum atomic E-state index is 11.8. The Morgan fingerprint density at radius 1 is 1.40 bits per heavy atom. The molecule has 0 aromatic rings. The number of nitrogens with two attached hydrogens (primary N) is 1. The van der Waals surface area contributed by atoms with Crippen LogP contribution < -0.4 is 5.73 Å². The lowest BCUT2D eigenvalue weighted by molar-refractivity contribution is 0.118. The monoisotopic (exact) mass is 167 g/mol. The third-order valence-corrected chi connectivity index (χ3v) is 2.47. The second kappa shape index (κ2) is 4.14. The van der Waals surface area contributed by atoms with Crippen molar-refractivity contribution in [1.29, 1.82) is 0 Å². The van der Waals surface area contributed by atoms with E-state index in [9.17, 15) is 4.39 Å². The van der Waals surface area contributed by atoms with E-state index in [1.807, 2.05) is 0 Å². The Hall–Kier alpha value is 0.180. The summed E-state index contributed by atoms with van der Waals surface area (Å²) in [5.74, 6) is 0. The molecule has 62 valence electrons. The number of rotatable bonds is 3. The second-order valence-electron chi connectivity index (χ2n) is 3.00. The molecule has 1 rings (SSSR count). The van der Waals surface area contributed by atoms with Gasteiger partial charge in [0.25, 0.3) is 0 Å². The van der Waals surface area contributed by atoms with E-state index in [2.05, 4.69) is 0 Å². The SMILES string of the molecule is Cl.NCC1(CCF)CCC1. The molecular weight excluding hydrogens is 153 g/mol. The second-order valence-corrected chi connectivity index (χ2v) is 3.00. The van der Waals surface area contributed by atoms with Crippen LogP contribution in [0.1, 0.15) is 25.7 Å². The van der Waals surface area contributed by atoms with E-state index < -0.39 is 0 Å². The van der Waals surface area contributed by atoms with E-state index in [4.69, 9.17) is 5.73 Å². The first-order chi connectivity index (χ1) is 4.33. The molecule has 0 heterocycles. The third kappa shape index (κ3) is 1.83. The first kappa shape index (κ1) is 10.2. The molecule has 1 aliphatic rings. The Balaban J connectivity index is 0.000000810. The van der Waals surface area contributed by atoms with E-state index in [1.54, 1.807) is 0 Å². The molecule has 0 aromatic heterocycles. The Morgan fingerprint density at radius 2 is 2.00 bits per heavy atom. The van der Waals surface area contributed by atoms with Crippen LogP contribution in [0.2, 0.25) is 0 Å². The van der Waals surface area contributed by atoms with Crippen LogP contribution in [0.15, 0.2) is 0 Å². The van der Waals surface area contributed by atoms with Crippen molar-refractivity contribution >= 4 is 12.4 Å². The summed E-state index contributed by atoms with van der Waals surface area (Å²) in [6.45, 7) is 0.480. The molecule has 0 spiro atoms. The summed E-state index contributed by atoms with van der Waals surface area (Å²) in [5, 5.41) is 0. The molecular formula is C7H15ClFN. The van der Waals surface area contributed by atoms with Crippen LogP contribution in [0.3, 0.4) is 0 Å². The highest BCUT2D eigenvalue weighted by Crippen LogP contribution is 2.42. The van der Waals surface area contributed by atoms with Gasteiger partial charge in [-0.25, -0.2) is 0 Å². The number of hydrogen-bond acceptors (Lipinski definition) is 1. The van der Waals surface area contributed by atoms with Gasteiger partial charge in [-0.3, -0.25) is 4.39 Å². The van der Waals surface area contributed by atoms with E-state index in [1.165, 1.54) is 6.42 Å². The smallest absolute Gasteiger partial charge is 0.0900 e. The Labute approximate surface area is 67.6 Å². The summed E-state index contributed by atoms with van der Waals surface area (Å²) in [7, 11) is 0. The summed E-state index contributed by atoms with van der Waals surface area (Å²) in [6, 6.07) is 0. The number of halogens is 2. The topological polar surface area (TPSA) is 26.0 Å². The van der Waals surface area contributed by atoms with Gasteiger partial charge in [0, 0.05) is 0 Å². The van der Waals surface area contributed by atoms with Gasteiger partial charge >= 0.3 is 0 Å². The van der Waals surface area contributed by atoms with Gasteiger partial charge in [-0.15, -0.1) is 12.4 Å². The molecule has 0 atom stereocenters. The van der Waals surface area contributed by atoms with Crippen LogP contribution in [-0.2, 0) is 0 Å². The van der Waals surface area contributed by atoms with E-state index in [0.29, 0.717) is 13.0 Å². The predicted octanol–water partition coefficient (Wildman–Crippen LogP) is 1.90. The number of alkyl halides is 1. The Bertz CT molecular complexity index is 88.1. The van der Waals surface area contributed by atoms with Crippen molar-refractivity contribution in [3.05, 3.63) is 0 Å². The first-order valence-electron chi connectivity index (χ1n) is 3.59. The van der Waals surface area contributed by atoms with Gasteiger partial charge < -0.3 is 5.73 Å². The van der Waals surface area contributed by atoms with Gasteiger partial charge in [0.05, 0.1) is 6.67 Å². The molecule has 2 N–H and O–H groups in total. The fourth-order valence-electron chi connectivity index (χ4n) is 1.43. The van der Waals surface area contributed by atoms with Crippen LogP contribution in [0.25, 0.3) is 0 Å². The van der Waals surface area contributed by atoms with Crippen molar-refractivity contribution < 1.29 is 4.39 Å². The van der Waals surface area contributed by atoms with E-state index in [0.717, 1.165) is 12.8 Å². The van der Waals surface area contributed by atoms with Gasteiger partial charge in [-0.1, -0.05) is 6.42 Å². The van der Waals surface area contributed by atoms with Crippen LogP contribution in [0.5, 0.6) is 0 Å². The minimum absolute atomic E-state index is 0. The molecule has 1 fully saturated rings. The van der Waals surface area contributed by atoms with Gasteiger partial charge in [0.1, 0.15) is 0 Å². The van der Waals surface area contributed by atoms with Crippen LogP contribution >= 0.6 is 12.4 Å². The fraction of sp³-hybridized carbons (Fsp3) is 1.00. The minimum atomic E-state index is -0.197. The first-order valence-corrected chi connectivity index (χ1v) is 3.59. The molecule has 10 heavy (non-hydrogen) atoms. The molecule has 0 saturated heterocycles. The third-order valence-electron chi connectivity index (χ3n) is 2.47. The molecule has 0 aliphatic heterocycles. The van der Waals surface area contributed by atoms with Crippen molar-refractivity contribution in [2.24, 2.45) is 11.1 Å². The Morgan fingerprint density at radius 3 is 2.10 bits per heavy atom. The predicted molar refractivity (Wildman–Crippen MR) is 43.2 cm³/mol. The lowest BCUT2D eigenvalue weighted by atomic mass is 9.67. The average Bonchev–Trinajstić information content (AvgIpc) is 1.79. The maximum Gasteiger partial charge on any atom is 0.0900 e. The summed E-state index contributed by atoms with van der Waals surface area (Å²) in [5.41, 5.74) is 5.71. The number of hydrogen-bond donors (Lipinski definition) is 1. The molecule has 1 aliphatic carbocycles. The minimum Gasteiger partial charge on any atom is -0.330 e. The molecule has 1 saturated carbocycles. The van der Waals surface area contributed by atoms with Crippen LogP contribution in [0.4, 0.5) is 4.39 Å². The highest BCUT2D eigenvalue weighted by atomic mass is 35.5. The van der Waals surface area contributed by atoms with Crippen molar-refractivity contribution in [1.82, 2.24) is 0 Å². The maximum absolute atomic E-state index is 11.8. The highest BCUT2D eigenvalue weighted by molar-refractivity contribution is 5.85. The zero-order chi connectivity index (χ0) is 6.74. The van der Waals surface area contributed by atoms with Gasteiger partial charge in [0.2, 0.25) is 0 Å². The average molecular weight is 168 g/mol. The van der Waals surface area contributed by atoms with Crippen LogP contribution in [-0.4, -0.2) is 13.2 Å². The Kier molecular flexibility index (Phi) is 4.22. The van der Waals surface area contributed by atoms with Crippen LogP contribution in [0, 0.1) is 5.41 Å². The van der Waals surface area contributed by atoms with Crippen molar-refractivity contribution in [3.8, 4) is 0 Å². The summed E-state index contributed by atoms with van der Waals surface area (Å²) in [4.78, 5) is 0. The van der Waals surface area contributed by atoms with E-state index in [-0.39, 0.29) is 24.5 Å². The highest BCUT2D eigenvalue weighted by Gasteiger charge is 2.34. The van der Waals surface area contributed by atoms with Gasteiger partial charge in [-0.2, -0.15) is 0 Å². The molecule has 0 radical (unpaired) electrons. The quantitative estimate of drug-likeness (QED) is 0.683. The lowest BCUT2D eigenvalue weighted by Crippen LogP contribution is -2.37. The molecule has 0 unspecified atom stereocenters. The molecule has 0 amide bonds. The van der Waals surface area contributed by atoms with E-state index >= 15 is 0 Å². The fourth-order valence-corrected chi connectivity index (χ4v) is 1.43. The van der Waals surface area contributed by atoms with Crippen molar-refractivity contribution in [2.75, 3.05) is 13.2 Å². The summed E-state index contributed by atoms with van der Waals surface area (Å²) < 4.78 is 11.8. The molecule has 0 aromatic carbocycles. The summed E-state index contributed by atoms with van der Waals surface area (Å²) in [6.07, 6.45) is 4.22. The zero-order valence-corrected chi connectivity index (χ0v) is 6.92. The largest absolute Gasteiger partial charge is 0.330 e. The standard InChI is InChI=1S/C7H14FN.ClH/c8-5-4-7(6-9)2-1-3-7;/h1-6,9H2;1H. The van der Waals surface area contributed by atoms with Crippen molar-refractivity contribution in [2.45, 2.75) is 25.7 Å². The molecule has 0 bridgehead atoms. The van der Waals surface area contributed by atoms with Gasteiger partial charge in [0.15, 0.2) is 0 Å². The lowest BCUT2D eigenvalue weighted by Gasteiger charge is -2.40. The normalized spacial score (nSPS) is 21.0.